The third kappa shape index (κ3) is 4.96. The van der Waals surface area contributed by atoms with Crippen LogP contribution in [0.5, 0.6) is 11.5 Å². The second-order valence-electron chi connectivity index (χ2n) is 7.42. The first-order chi connectivity index (χ1) is 14.2. The van der Waals surface area contributed by atoms with Crippen molar-refractivity contribution >= 4 is 17.5 Å². The number of anilines is 3. The van der Waals surface area contributed by atoms with Crippen molar-refractivity contribution in [1.29, 1.82) is 0 Å². The molecule has 0 spiro atoms. The van der Waals surface area contributed by atoms with Gasteiger partial charge in [0.2, 0.25) is 5.95 Å². The second kappa shape index (κ2) is 8.82. The van der Waals surface area contributed by atoms with Crippen molar-refractivity contribution in [3.05, 3.63) is 54.6 Å². The Balaban J connectivity index is 1.61. The Morgan fingerprint density at radius 1 is 0.931 bits per heavy atom. The van der Waals surface area contributed by atoms with Gasteiger partial charge in [0, 0.05) is 29.9 Å². The summed E-state index contributed by atoms with van der Waals surface area (Å²) in [5.74, 6) is 3.48. The largest absolute Gasteiger partial charge is 0.486 e. The molecule has 1 aromatic heterocycles. The van der Waals surface area contributed by atoms with Gasteiger partial charge in [-0.05, 0) is 24.5 Å². The van der Waals surface area contributed by atoms with Crippen molar-refractivity contribution < 1.29 is 9.47 Å². The monoisotopic (exact) mass is 390 g/mol. The van der Waals surface area contributed by atoms with E-state index in [0.29, 0.717) is 25.1 Å². The molecule has 2 N–H and O–H groups in total. The molecule has 29 heavy (non-hydrogen) atoms. The lowest BCUT2D eigenvalue weighted by Gasteiger charge is -2.19. The minimum Gasteiger partial charge on any atom is -0.486 e. The molecule has 150 valence electrons. The zero-order valence-electron chi connectivity index (χ0n) is 16.8. The molecule has 0 amide bonds. The maximum Gasteiger partial charge on any atom is 0.225 e. The lowest BCUT2D eigenvalue weighted by atomic mass is 10.1. The van der Waals surface area contributed by atoms with Gasteiger partial charge in [-0.3, -0.25) is 0 Å². The maximum absolute atomic E-state index is 5.68. The molecular weight excluding hydrogens is 364 g/mol. The summed E-state index contributed by atoms with van der Waals surface area (Å²) in [6, 6.07) is 17.9. The zero-order chi connectivity index (χ0) is 20.1. The zero-order valence-corrected chi connectivity index (χ0v) is 16.8. The molecule has 0 saturated heterocycles. The van der Waals surface area contributed by atoms with E-state index in [4.69, 9.17) is 14.5 Å². The van der Waals surface area contributed by atoms with Gasteiger partial charge in [0.1, 0.15) is 19.0 Å². The first-order valence-corrected chi connectivity index (χ1v) is 10.0. The van der Waals surface area contributed by atoms with E-state index in [1.165, 1.54) is 0 Å². The molecule has 1 aliphatic rings. The minimum atomic E-state index is 0.562. The number of fused-ring (bicyclic) bond motifs is 1. The van der Waals surface area contributed by atoms with Gasteiger partial charge in [-0.25, -0.2) is 4.98 Å². The molecule has 4 rings (SSSR count). The third-order valence-electron chi connectivity index (χ3n) is 4.62. The van der Waals surface area contributed by atoms with E-state index in [1.54, 1.807) is 0 Å². The number of ether oxygens (including phenoxy) is 2. The van der Waals surface area contributed by atoms with Gasteiger partial charge in [0.15, 0.2) is 11.5 Å². The number of nitrogens with zero attached hydrogens (tertiary/aromatic N) is 2. The van der Waals surface area contributed by atoms with Crippen LogP contribution in [0.1, 0.15) is 20.3 Å². The standard InChI is InChI=1S/C23H26N4O2/c1-16(2)10-11-24-23-26-19(17-6-4-3-5-7-17)15-22(27-23)25-18-8-9-20-21(14-18)29-13-12-28-20/h3-9,14-16H,10-13H2,1-2H3,(H2,24,25,26,27). The van der Waals surface area contributed by atoms with E-state index in [-0.39, 0.29) is 0 Å². The number of benzene rings is 2. The summed E-state index contributed by atoms with van der Waals surface area (Å²) >= 11 is 0. The van der Waals surface area contributed by atoms with Gasteiger partial charge in [-0.15, -0.1) is 0 Å². The minimum absolute atomic E-state index is 0.562. The van der Waals surface area contributed by atoms with Crippen LogP contribution in [0.4, 0.5) is 17.5 Å². The lowest BCUT2D eigenvalue weighted by Crippen LogP contribution is -2.15. The van der Waals surface area contributed by atoms with E-state index in [9.17, 15) is 0 Å². The number of hydrogen-bond acceptors (Lipinski definition) is 6. The Bertz CT molecular complexity index is 960. The number of hydrogen-bond donors (Lipinski definition) is 2. The van der Waals surface area contributed by atoms with Crippen LogP contribution in [0.25, 0.3) is 11.3 Å². The summed E-state index contributed by atoms with van der Waals surface area (Å²) in [4.78, 5) is 9.36. The van der Waals surface area contributed by atoms with Crippen molar-refractivity contribution in [2.75, 3.05) is 30.4 Å². The van der Waals surface area contributed by atoms with Gasteiger partial charge in [-0.2, -0.15) is 4.98 Å². The van der Waals surface area contributed by atoms with E-state index in [1.807, 2.05) is 54.6 Å². The summed E-state index contributed by atoms with van der Waals surface area (Å²) in [6.45, 7) is 6.39. The molecule has 0 bridgehead atoms. The number of aromatic nitrogens is 2. The van der Waals surface area contributed by atoms with Crippen LogP contribution in [0.3, 0.4) is 0 Å². The normalized spacial score (nSPS) is 12.7. The van der Waals surface area contributed by atoms with Crippen molar-refractivity contribution in [1.82, 2.24) is 9.97 Å². The lowest BCUT2D eigenvalue weighted by molar-refractivity contribution is 0.171. The van der Waals surface area contributed by atoms with Gasteiger partial charge >= 0.3 is 0 Å². The Labute approximate surface area is 171 Å². The Hall–Kier alpha value is -3.28. The van der Waals surface area contributed by atoms with Crippen LogP contribution in [-0.4, -0.2) is 29.7 Å². The first-order valence-electron chi connectivity index (χ1n) is 10.0. The van der Waals surface area contributed by atoms with Crippen molar-refractivity contribution in [2.24, 2.45) is 5.92 Å². The molecule has 0 aliphatic carbocycles. The quantitative estimate of drug-likeness (QED) is 0.584. The molecule has 6 heteroatoms. The topological polar surface area (TPSA) is 68.3 Å². The predicted octanol–water partition coefficient (Wildman–Crippen LogP) is 5.12. The average molecular weight is 390 g/mol. The maximum atomic E-state index is 5.68. The van der Waals surface area contributed by atoms with E-state index < -0.39 is 0 Å². The van der Waals surface area contributed by atoms with E-state index in [0.717, 1.165) is 47.2 Å². The van der Waals surface area contributed by atoms with Crippen LogP contribution < -0.4 is 20.1 Å². The summed E-state index contributed by atoms with van der Waals surface area (Å²) in [5, 5.41) is 6.73. The predicted molar refractivity (Wildman–Crippen MR) is 116 cm³/mol. The van der Waals surface area contributed by atoms with Gasteiger partial charge in [0.05, 0.1) is 5.69 Å². The molecule has 3 aromatic rings. The summed E-state index contributed by atoms with van der Waals surface area (Å²) in [6.07, 6.45) is 1.06. The SMILES string of the molecule is CC(C)CCNc1nc(Nc2ccc3c(c2)OCCO3)cc(-c2ccccc2)n1. The Morgan fingerprint density at radius 3 is 2.52 bits per heavy atom. The molecule has 2 heterocycles. The van der Waals surface area contributed by atoms with Crippen LogP contribution in [0.2, 0.25) is 0 Å². The highest BCUT2D eigenvalue weighted by atomic mass is 16.6. The fourth-order valence-electron chi connectivity index (χ4n) is 3.09. The van der Waals surface area contributed by atoms with Gasteiger partial charge < -0.3 is 20.1 Å². The first kappa shape index (κ1) is 19.1. The molecule has 0 unspecified atom stereocenters. The van der Waals surface area contributed by atoms with Crippen LogP contribution in [-0.2, 0) is 0 Å². The van der Waals surface area contributed by atoms with E-state index >= 15 is 0 Å². The van der Waals surface area contributed by atoms with Crippen LogP contribution >= 0.6 is 0 Å². The smallest absolute Gasteiger partial charge is 0.225 e. The van der Waals surface area contributed by atoms with Crippen molar-refractivity contribution in [3.63, 3.8) is 0 Å². The molecule has 1 aliphatic heterocycles. The van der Waals surface area contributed by atoms with E-state index in [2.05, 4.69) is 29.5 Å². The highest BCUT2D eigenvalue weighted by Gasteiger charge is 2.13. The van der Waals surface area contributed by atoms with Gasteiger partial charge in [-0.1, -0.05) is 44.2 Å². The highest BCUT2D eigenvalue weighted by molar-refractivity contribution is 5.68. The summed E-state index contributed by atoms with van der Waals surface area (Å²) in [5.41, 5.74) is 2.81. The summed E-state index contributed by atoms with van der Waals surface area (Å²) < 4.78 is 11.3. The Morgan fingerprint density at radius 2 is 1.72 bits per heavy atom. The fraction of sp³-hybridized carbons (Fsp3) is 0.304. The van der Waals surface area contributed by atoms with Gasteiger partial charge in [0.25, 0.3) is 0 Å². The number of nitrogens with one attached hydrogen (secondary N) is 2. The van der Waals surface area contributed by atoms with Crippen LogP contribution in [0.15, 0.2) is 54.6 Å². The third-order valence-corrected chi connectivity index (χ3v) is 4.62. The van der Waals surface area contributed by atoms with Crippen molar-refractivity contribution in [2.45, 2.75) is 20.3 Å². The highest BCUT2D eigenvalue weighted by Crippen LogP contribution is 2.34. The second-order valence-corrected chi connectivity index (χ2v) is 7.42. The molecule has 0 fully saturated rings. The molecule has 6 nitrogen and oxygen atoms in total. The van der Waals surface area contributed by atoms with Crippen LogP contribution in [0, 0.1) is 5.92 Å². The summed E-state index contributed by atoms with van der Waals surface area (Å²) in [7, 11) is 0. The fourth-order valence-corrected chi connectivity index (χ4v) is 3.09. The molecular formula is C23H26N4O2. The molecule has 0 atom stereocenters. The molecule has 0 saturated carbocycles. The van der Waals surface area contributed by atoms with Crippen molar-refractivity contribution in [3.8, 4) is 22.8 Å². The Kier molecular flexibility index (Phi) is 5.79. The molecule has 0 radical (unpaired) electrons. The number of rotatable bonds is 7. The average Bonchev–Trinajstić information content (AvgIpc) is 2.74. The molecule has 2 aromatic carbocycles.